The Bertz CT molecular complexity index is 1520. The number of nitrogens with zero attached hydrogens (tertiary/aromatic N) is 1. The number of amides is 4. The van der Waals surface area contributed by atoms with Crippen LogP contribution >= 0.6 is 0 Å². The molecular formula is C31H29N5O5. The van der Waals surface area contributed by atoms with Crippen LogP contribution in [0.5, 0.6) is 0 Å². The van der Waals surface area contributed by atoms with Crippen molar-refractivity contribution in [3.05, 3.63) is 120 Å². The van der Waals surface area contributed by atoms with Crippen LogP contribution in [0.25, 0.3) is 0 Å². The maximum absolute atomic E-state index is 13.1. The van der Waals surface area contributed by atoms with Crippen LogP contribution in [0.2, 0.25) is 0 Å². The van der Waals surface area contributed by atoms with Crippen molar-refractivity contribution in [2.24, 2.45) is 0 Å². The third kappa shape index (κ3) is 8.49. The Labute approximate surface area is 236 Å². The lowest BCUT2D eigenvalue weighted by atomic mass is 10.1. The summed E-state index contributed by atoms with van der Waals surface area (Å²) in [5, 5.41) is 20.2. The zero-order valence-corrected chi connectivity index (χ0v) is 22.3. The van der Waals surface area contributed by atoms with Gasteiger partial charge >= 0.3 is 12.0 Å². The lowest BCUT2D eigenvalue weighted by Gasteiger charge is -2.19. The molecule has 41 heavy (non-hydrogen) atoms. The van der Waals surface area contributed by atoms with Gasteiger partial charge < -0.3 is 26.4 Å². The van der Waals surface area contributed by atoms with Gasteiger partial charge in [0.1, 0.15) is 6.04 Å². The fourth-order valence-electron chi connectivity index (χ4n) is 4.02. The fraction of sp³-hybridized carbons (Fsp3) is 0.129. The zero-order chi connectivity index (χ0) is 29.2. The van der Waals surface area contributed by atoms with Crippen molar-refractivity contribution in [2.45, 2.75) is 25.8 Å². The van der Waals surface area contributed by atoms with Gasteiger partial charge in [-0.05, 0) is 72.1 Å². The van der Waals surface area contributed by atoms with E-state index in [-0.39, 0.29) is 30.3 Å². The van der Waals surface area contributed by atoms with E-state index in [0.29, 0.717) is 22.6 Å². The summed E-state index contributed by atoms with van der Waals surface area (Å²) in [5.41, 5.74) is 4.15. The number of carbonyl (C=O) groups is 4. The van der Waals surface area contributed by atoms with Crippen molar-refractivity contribution in [2.75, 3.05) is 16.0 Å². The van der Waals surface area contributed by atoms with E-state index in [9.17, 15) is 19.2 Å². The molecular weight excluding hydrogens is 522 g/mol. The summed E-state index contributed by atoms with van der Waals surface area (Å²) in [4.78, 5) is 53.6. The smallest absolute Gasteiger partial charge is 0.335 e. The summed E-state index contributed by atoms with van der Waals surface area (Å²) in [6.45, 7) is 1.90. The van der Waals surface area contributed by atoms with E-state index < -0.39 is 17.9 Å². The number of aromatic nitrogens is 1. The third-order valence-electron chi connectivity index (χ3n) is 6.18. The number of carboxylic acids is 1. The van der Waals surface area contributed by atoms with Crippen molar-refractivity contribution < 1.29 is 24.3 Å². The van der Waals surface area contributed by atoms with Crippen molar-refractivity contribution >= 4 is 40.9 Å². The van der Waals surface area contributed by atoms with Gasteiger partial charge in [0.15, 0.2) is 0 Å². The maximum atomic E-state index is 13.1. The van der Waals surface area contributed by atoms with E-state index in [1.165, 1.54) is 24.3 Å². The normalized spacial score (nSPS) is 11.1. The van der Waals surface area contributed by atoms with E-state index in [1.807, 2.05) is 37.3 Å². The Kier molecular flexibility index (Phi) is 9.40. The van der Waals surface area contributed by atoms with E-state index >= 15 is 0 Å². The van der Waals surface area contributed by atoms with E-state index in [4.69, 9.17) is 5.11 Å². The maximum Gasteiger partial charge on any atom is 0.335 e. The van der Waals surface area contributed by atoms with Gasteiger partial charge in [-0.25, -0.2) is 9.59 Å². The molecule has 0 aliphatic heterocycles. The predicted octanol–water partition coefficient (Wildman–Crippen LogP) is 4.64. The minimum atomic E-state index is -1.07. The second-order valence-corrected chi connectivity index (χ2v) is 9.32. The first-order valence-electron chi connectivity index (χ1n) is 12.8. The average Bonchev–Trinajstić information content (AvgIpc) is 2.96. The lowest BCUT2D eigenvalue weighted by molar-refractivity contribution is -0.126. The van der Waals surface area contributed by atoms with Gasteiger partial charge in [0, 0.05) is 35.9 Å². The highest BCUT2D eigenvalue weighted by Gasteiger charge is 2.22. The molecule has 4 aromatic rings. The van der Waals surface area contributed by atoms with Crippen LogP contribution in [0.3, 0.4) is 0 Å². The van der Waals surface area contributed by atoms with Crippen molar-refractivity contribution in [1.82, 2.24) is 10.3 Å². The monoisotopic (exact) mass is 551 g/mol. The molecule has 0 saturated heterocycles. The Morgan fingerprint density at radius 3 is 2.12 bits per heavy atom. The molecule has 0 aliphatic rings. The number of para-hydroxylation sites is 1. The molecule has 3 aromatic carbocycles. The Balaban J connectivity index is 1.37. The van der Waals surface area contributed by atoms with E-state index in [2.05, 4.69) is 26.3 Å². The number of aryl methyl sites for hydroxylation is 1. The van der Waals surface area contributed by atoms with Crippen molar-refractivity contribution in [1.29, 1.82) is 0 Å². The summed E-state index contributed by atoms with van der Waals surface area (Å²) >= 11 is 0. The van der Waals surface area contributed by atoms with Gasteiger partial charge in [-0.3, -0.25) is 14.6 Å². The number of hydrogen-bond donors (Lipinski definition) is 5. The average molecular weight is 552 g/mol. The summed E-state index contributed by atoms with van der Waals surface area (Å²) in [6, 6.07) is 22.3. The molecule has 0 saturated carbocycles. The first kappa shape index (κ1) is 28.5. The molecule has 208 valence electrons. The highest BCUT2D eigenvalue weighted by molar-refractivity contribution is 6.00. The number of benzene rings is 3. The van der Waals surface area contributed by atoms with Crippen LogP contribution in [0.1, 0.15) is 27.0 Å². The number of rotatable bonds is 10. The molecule has 0 radical (unpaired) electrons. The van der Waals surface area contributed by atoms with E-state index in [1.54, 1.807) is 42.7 Å². The number of carbonyl (C=O) groups excluding carboxylic acids is 3. The highest BCUT2D eigenvalue weighted by atomic mass is 16.4. The molecule has 0 bridgehead atoms. The number of aromatic carboxylic acids is 1. The summed E-state index contributed by atoms with van der Waals surface area (Å²) in [7, 11) is 0. The van der Waals surface area contributed by atoms with Gasteiger partial charge in [0.2, 0.25) is 11.8 Å². The summed E-state index contributed by atoms with van der Waals surface area (Å²) < 4.78 is 0. The van der Waals surface area contributed by atoms with E-state index in [0.717, 1.165) is 11.1 Å². The molecule has 1 aromatic heterocycles. The quantitative estimate of drug-likeness (QED) is 0.194. The Morgan fingerprint density at radius 1 is 0.780 bits per heavy atom. The van der Waals surface area contributed by atoms with Crippen LogP contribution in [0.15, 0.2) is 97.3 Å². The topological polar surface area (TPSA) is 150 Å². The largest absolute Gasteiger partial charge is 0.478 e. The summed E-state index contributed by atoms with van der Waals surface area (Å²) in [5.74, 6) is -1.89. The van der Waals surface area contributed by atoms with Crippen molar-refractivity contribution in [3.63, 3.8) is 0 Å². The molecule has 1 heterocycles. The van der Waals surface area contributed by atoms with Gasteiger partial charge in [-0.1, -0.05) is 36.4 Å². The minimum absolute atomic E-state index is 0.0137. The number of anilines is 3. The Morgan fingerprint density at radius 2 is 1.46 bits per heavy atom. The molecule has 10 heteroatoms. The number of hydrogen-bond acceptors (Lipinski definition) is 5. The van der Waals surface area contributed by atoms with Crippen LogP contribution in [-0.4, -0.2) is 39.9 Å². The zero-order valence-electron chi connectivity index (χ0n) is 22.3. The second kappa shape index (κ2) is 13.5. The molecule has 0 spiro atoms. The van der Waals surface area contributed by atoms with Crippen molar-refractivity contribution in [3.8, 4) is 0 Å². The van der Waals surface area contributed by atoms with Crippen LogP contribution in [0, 0.1) is 6.92 Å². The number of carboxylic acid groups (broad SMARTS) is 1. The standard InChI is InChI=1S/C31H29N5O5/c1-20-5-2-3-7-26(20)36-31(41)34-25-12-8-21(9-13-25)18-28(37)35-27(17-22-6-4-16-32-19-22)29(38)33-24-14-10-23(11-15-24)30(39)40/h2-16,19,27H,17-18H2,1H3,(H,33,38)(H,35,37)(H,39,40)(H2,34,36,41). The molecule has 1 atom stereocenters. The molecule has 1 unspecified atom stereocenters. The predicted molar refractivity (Wildman–Crippen MR) is 156 cm³/mol. The number of pyridine rings is 1. The molecule has 5 N–H and O–H groups in total. The number of urea groups is 1. The minimum Gasteiger partial charge on any atom is -0.478 e. The lowest BCUT2D eigenvalue weighted by Crippen LogP contribution is -2.45. The number of nitrogens with one attached hydrogen (secondary N) is 4. The fourth-order valence-corrected chi connectivity index (χ4v) is 4.02. The van der Waals surface area contributed by atoms with Gasteiger partial charge in [0.05, 0.1) is 12.0 Å². The van der Waals surface area contributed by atoms with Gasteiger partial charge in [-0.15, -0.1) is 0 Å². The van der Waals surface area contributed by atoms with Crippen LogP contribution in [-0.2, 0) is 22.4 Å². The van der Waals surface area contributed by atoms with Gasteiger partial charge in [-0.2, -0.15) is 0 Å². The highest BCUT2D eigenvalue weighted by Crippen LogP contribution is 2.16. The molecule has 10 nitrogen and oxygen atoms in total. The summed E-state index contributed by atoms with van der Waals surface area (Å²) in [6.07, 6.45) is 3.46. The van der Waals surface area contributed by atoms with Gasteiger partial charge in [0.25, 0.3) is 0 Å². The molecule has 0 fully saturated rings. The first-order valence-corrected chi connectivity index (χ1v) is 12.8. The molecule has 4 rings (SSSR count). The third-order valence-corrected chi connectivity index (χ3v) is 6.18. The Hall–Kier alpha value is -5.51. The van der Waals surface area contributed by atoms with Crippen LogP contribution in [0.4, 0.5) is 21.9 Å². The first-order chi connectivity index (χ1) is 19.8. The molecule has 4 amide bonds. The SMILES string of the molecule is Cc1ccccc1NC(=O)Nc1ccc(CC(=O)NC(Cc2cccnc2)C(=O)Nc2ccc(C(=O)O)cc2)cc1. The molecule has 0 aliphatic carbocycles. The second-order valence-electron chi connectivity index (χ2n) is 9.32. The van der Waals surface area contributed by atoms with Crippen LogP contribution < -0.4 is 21.3 Å².